The summed E-state index contributed by atoms with van der Waals surface area (Å²) in [6.07, 6.45) is 1.01. The number of nitriles is 1. The van der Waals surface area contributed by atoms with Crippen LogP contribution in [-0.2, 0) is 16.0 Å². The largest absolute Gasteiger partial charge is 0.439 e. The van der Waals surface area contributed by atoms with Crippen LogP contribution in [0.1, 0.15) is 23.8 Å². The van der Waals surface area contributed by atoms with Gasteiger partial charge >= 0.3 is 0 Å². The van der Waals surface area contributed by atoms with Crippen LogP contribution in [0.4, 0.5) is 5.69 Å². The minimum atomic E-state index is -1.15. The predicted octanol–water partition coefficient (Wildman–Crippen LogP) is 2.98. The van der Waals surface area contributed by atoms with Gasteiger partial charge in [0.2, 0.25) is 11.8 Å². The zero-order valence-corrected chi connectivity index (χ0v) is 13.9. The Labute approximate surface area is 149 Å². The van der Waals surface area contributed by atoms with Crippen molar-refractivity contribution in [1.82, 2.24) is 4.98 Å². The molecule has 0 unspecified atom stereocenters. The number of aromatic nitrogens is 1. The number of nitrogens with zero attached hydrogens (tertiary/aromatic N) is 3. The molecule has 26 heavy (non-hydrogen) atoms. The minimum absolute atomic E-state index is 0.0662. The summed E-state index contributed by atoms with van der Waals surface area (Å²) in [5.74, 6) is -1.61. The maximum Gasteiger partial charge on any atom is 0.227 e. The fraction of sp³-hybridized carbons (Fsp3) is 0.200. The molecule has 0 saturated heterocycles. The van der Waals surface area contributed by atoms with Crippen LogP contribution >= 0.6 is 0 Å². The van der Waals surface area contributed by atoms with Gasteiger partial charge in [-0.2, -0.15) is 5.26 Å². The lowest BCUT2D eigenvalue weighted by Crippen LogP contribution is -2.40. The molecule has 0 spiro atoms. The first-order valence-corrected chi connectivity index (χ1v) is 8.33. The number of rotatable bonds is 4. The van der Waals surface area contributed by atoms with E-state index in [1.165, 1.54) is 4.90 Å². The van der Waals surface area contributed by atoms with Crippen LogP contribution in [0, 0.1) is 11.3 Å². The molecule has 1 amide bonds. The number of Topliss-reactive ketones (excluding diaryl/α,β-unsaturated/α-hetero) is 1. The standard InChI is InChI=1S/C20H15N3O3/c21-11-14(20-22-15-6-2-4-8-18(15)26-20)17(24)12-23-16-7-3-1-5-13(16)9-10-19(23)25/h1-8,14H,9-10,12H2/t14-/m1/s1. The lowest BCUT2D eigenvalue weighted by molar-refractivity contribution is -0.123. The maximum atomic E-state index is 12.8. The zero-order chi connectivity index (χ0) is 18.1. The van der Waals surface area contributed by atoms with E-state index in [0.29, 0.717) is 23.9 Å². The predicted molar refractivity (Wildman–Crippen MR) is 94.5 cm³/mol. The second-order valence-corrected chi connectivity index (χ2v) is 6.16. The van der Waals surface area contributed by atoms with Crippen molar-refractivity contribution >= 4 is 28.5 Å². The Morgan fingerprint density at radius 1 is 1.19 bits per heavy atom. The molecule has 0 radical (unpaired) electrons. The third-order valence-electron chi connectivity index (χ3n) is 4.51. The molecule has 1 atom stereocenters. The average Bonchev–Trinajstić information content (AvgIpc) is 3.08. The number of oxazole rings is 1. The fourth-order valence-electron chi connectivity index (χ4n) is 3.20. The number of fused-ring (bicyclic) bond motifs is 2. The third-order valence-corrected chi connectivity index (χ3v) is 4.51. The fourth-order valence-corrected chi connectivity index (χ4v) is 3.20. The smallest absolute Gasteiger partial charge is 0.227 e. The van der Waals surface area contributed by atoms with Gasteiger partial charge in [-0.05, 0) is 30.2 Å². The number of amides is 1. The molecule has 4 rings (SSSR count). The number of aryl methyl sites for hydroxylation is 1. The van der Waals surface area contributed by atoms with Crippen LogP contribution in [0.5, 0.6) is 0 Å². The average molecular weight is 345 g/mol. The molecule has 6 nitrogen and oxygen atoms in total. The summed E-state index contributed by atoms with van der Waals surface area (Å²) < 4.78 is 5.57. The van der Waals surface area contributed by atoms with Crippen molar-refractivity contribution in [2.45, 2.75) is 18.8 Å². The first kappa shape index (κ1) is 16.0. The Kier molecular flexibility index (Phi) is 3.98. The van der Waals surface area contributed by atoms with E-state index >= 15 is 0 Å². The van der Waals surface area contributed by atoms with E-state index in [4.69, 9.17) is 4.42 Å². The molecule has 1 aliphatic heterocycles. The van der Waals surface area contributed by atoms with Gasteiger partial charge in [-0.3, -0.25) is 9.59 Å². The van der Waals surface area contributed by atoms with E-state index in [1.807, 2.05) is 30.3 Å². The van der Waals surface area contributed by atoms with Crippen LogP contribution in [0.15, 0.2) is 52.9 Å². The normalized spacial score (nSPS) is 14.7. The summed E-state index contributed by atoms with van der Waals surface area (Å²) in [5.41, 5.74) is 2.87. The summed E-state index contributed by atoms with van der Waals surface area (Å²) in [6.45, 7) is -0.174. The lowest BCUT2D eigenvalue weighted by atomic mass is 9.99. The summed E-state index contributed by atoms with van der Waals surface area (Å²) in [5, 5.41) is 9.49. The maximum absolute atomic E-state index is 12.8. The van der Waals surface area contributed by atoms with Gasteiger partial charge in [-0.1, -0.05) is 30.3 Å². The Morgan fingerprint density at radius 3 is 2.77 bits per heavy atom. The molecule has 0 saturated carbocycles. The molecule has 128 valence electrons. The number of carbonyl (C=O) groups is 2. The second kappa shape index (κ2) is 6.45. The van der Waals surface area contributed by atoms with E-state index in [-0.39, 0.29) is 18.3 Å². The summed E-state index contributed by atoms with van der Waals surface area (Å²) in [6, 6.07) is 16.6. The molecule has 2 aromatic carbocycles. The van der Waals surface area contributed by atoms with Gasteiger partial charge < -0.3 is 9.32 Å². The molecular weight excluding hydrogens is 330 g/mol. The van der Waals surface area contributed by atoms with Crippen molar-refractivity contribution in [3.05, 3.63) is 60.0 Å². The minimum Gasteiger partial charge on any atom is -0.439 e. The molecule has 2 heterocycles. The first-order valence-electron chi connectivity index (χ1n) is 8.33. The molecular formula is C20H15N3O3. The molecule has 0 aliphatic carbocycles. The van der Waals surface area contributed by atoms with E-state index in [0.717, 1.165) is 11.3 Å². The van der Waals surface area contributed by atoms with Gasteiger partial charge in [-0.15, -0.1) is 0 Å². The zero-order valence-electron chi connectivity index (χ0n) is 13.9. The van der Waals surface area contributed by atoms with Gasteiger partial charge in [0, 0.05) is 12.1 Å². The highest BCUT2D eigenvalue weighted by Gasteiger charge is 2.31. The topological polar surface area (TPSA) is 87.2 Å². The monoisotopic (exact) mass is 345 g/mol. The van der Waals surface area contributed by atoms with E-state index in [1.54, 1.807) is 24.3 Å². The van der Waals surface area contributed by atoms with Gasteiger partial charge in [0.1, 0.15) is 5.52 Å². The molecule has 0 fully saturated rings. The highest BCUT2D eigenvalue weighted by Crippen LogP contribution is 2.29. The number of para-hydroxylation sites is 3. The van der Waals surface area contributed by atoms with Crippen molar-refractivity contribution in [3.63, 3.8) is 0 Å². The quantitative estimate of drug-likeness (QED) is 0.725. The number of hydrogen-bond acceptors (Lipinski definition) is 5. The highest BCUT2D eigenvalue weighted by atomic mass is 16.3. The number of hydrogen-bond donors (Lipinski definition) is 0. The summed E-state index contributed by atoms with van der Waals surface area (Å²) in [4.78, 5) is 30.8. The van der Waals surface area contributed by atoms with Crippen molar-refractivity contribution in [1.29, 1.82) is 5.26 Å². The Hall–Kier alpha value is -3.46. The molecule has 0 N–H and O–H groups in total. The lowest BCUT2D eigenvalue weighted by Gasteiger charge is -2.29. The van der Waals surface area contributed by atoms with Crippen LogP contribution in [0.2, 0.25) is 0 Å². The second-order valence-electron chi connectivity index (χ2n) is 6.16. The number of benzene rings is 2. The third kappa shape index (κ3) is 2.74. The van der Waals surface area contributed by atoms with E-state index < -0.39 is 11.7 Å². The van der Waals surface area contributed by atoms with Gasteiger partial charge in [0.25, 0.3) is 0 Å². The van der Waals surface area contributed by atoms with E-state index in [9.17, 15) is 14.9 Å². The Bertz CT molecular complexity index is 1010. The van der Waals surface area contributed by atoms with Crippen LogP contribution in [-0.4, -0.2) is 23.2 Å². The highest BCUT2D eigenvalue weighted by molar-refractivity contribution is 6.03. The van der Waals surface area contributed by atoms with Crippen LogP contribution in [0.3, 0.4) is 0 Å². The summed E-state index contributed by atoms with van der Waals surface area (Å²) in [7, 11) is 0. The van der Waals surface area contributed by atoms with E-state index in [2.05, 4.69) is 4.98 Å². The molecule has 0 bridgehead atoms. The molecule has 1 aliphatic rings. The van der Waals surface area contributed by atoms with Crippen molar-refractivity contribution in [2.75, 3.05) is 11.4 Å². The molecule has 6 heteroatoms. The van der Waals surface area contributed by atoms with Crippen molar-refractivity contribution < 1.29 is 14.0 Å². The number of anilines is 1. The number of ketones is 1. The molecule has 3 aromatic rings. The van der Waals surface area contributed by atoms with Crippen LogP contribution in [0.25, 0.3) is 11.1 Å². The van der Waals surface area contributed by atoms with Gasteiger partial charge in [-0.25, -0.2) is 4.98 Å². The molecule has 1 aromatic heterocycles. The van der Waals surface area contributed by atoms with Crippen molar-refractivity contribution in [2.24, 2.45) is 0 Å². The first-order chi connectivity index (χ1) is 12.7. The van der Waals surface area contributed by atoms with Crippen molar-refractivity contribution in [3.8, 4) is 6.07 Å². The summed E-state index contributed by atoms with van der Waals surface area (Å²) >= 11 is 0. The Balaban J connectivity index is 1.62. The van der Waals surface area contributed by atoms with Gasteiger partial charge in [0.15, 0.2) is 17.3 Å². The Morgan fingerprint density at radius 2 is 1.96 bits per heavy atom. The van der Waals surface area contributed by atoms with Crippen LogP contribution < -0.4 is 4.90 Å². The SMILES string of the molecule is N#C[C@H](C(=O)CN1C(=O)CCc2ccccc21)c1nc2ccccc2o1. The van der Waals surface area contributed by atoms with Gasteiger partial charge in [0.05, 0.1) is 12.6 Å². The number of carbonyl (C=O) groups excluding carboxylic acids is 2.